The Hall–Kier alpha value is -0.280. The predicted octanol–water partition coefficient (Wildman–Crippen LogP) is 4.34. The molecule has 1 aliphatic carbocycles. The molecule has 1 unspecified atom stereocenters. The van der Waals surface area contributed by atoms with Gasteiger partial charge in [0.05, 0.1) is 10.0 Å². The highest BCUT2D eigenvalue weighted by Gasteiger charge is 2.23. The van der Waals surface area contributed by atoms with E-state index in [9.17, 15) is 0 Å². The summed E-state index contributed by atoms with van der Waals surface area (Å²) in [6, 6.07) is 6.10. The highest BCUT2D eigenvalue weighted by Crippen LogP contribution is 2.30. The van der Waals surface area contributed by atoms with Crippen LogP contribution in [0, 0.1) is 5.92 Å². The van der Waals surface area contributed by atoms with Crippen molar-refractivity contribution in [1.29, 1.82) is 0 Å². The first-order chi connectivity index (χ1) is 9.22. The van der Waals surface area contributed by atoms with Gasteiger partial charge in [0.2, 0.25) is 0 Å². The Labute approximate surface area is 125 Å². The molecule has 0 spiro atoms. The monoisotopic (exact) mass is 300 g/mol. The third-order valence-electron chi connectivity index (χ3n) is 4.15. The number of hydrogen-bond donors (Lipinski definition) is 2. The van der Waals surface area contributed by atoms with Crippen LogP contribution in [0.25, 0.3) is 0 Å². The summed E-state index contributed by atoms with van der Waals surface area (Å²) >= 11 is 12.3. The maximum absolute atomic E-state index is 6.26. The average molecular weight is 301 g/mol. The molecule has 0 aliphatic heterocycles. The molecule has 2 nitrogen and oxygen atoms in total. The van der Waals surface area contributed by atoms with Gasteiger partial charge in [0, 0.05) is 6.04 Å². The third kappa shape index (κ3) is 4.09. The second-order valence-corrected chi connectivity index (χ2v) is 6.23. The maximum atomic E-state index is 6.26. The van der Waals surface area contributed by atoms with Crippen molar-refractivity contribution in [1.82, 2.24) is 5.43 Å². The van der Waals surface area contributed by atoms with Crippen molar-refractivity contribution in [3.63, 3.8) is 0 Å². The second-order valence-electron chi connectivity index (χ2n) is 5.44. The van der Waals surface area contributed by atoms with Crippen molar-refractivity contribution in [2.75, 3.05) is 0 Å². The molecule has 0 radical (unpaired) electrons. The van der Waals surface area contributed by atoms with E-state index in [1.807, 2.05) is 18.2 Å². The van der Waals surface area contributed by atoms with Gasteiger partial charge in [-0.05, 0) is 36.8 Å². The Bertz CT molecular complexity index is 401. The van der Waals surface area contributed by atoms with Crippen LogP contribution in [-0.2, 0) is 6.42 Å². The lowest BCUT2D eigenvalue weighted by molar-refractivity contribution is 0.320. The second kappa shape index (κ2) is 7.49. The summed E-state index contributed by atoms with van der Waals surface area (Å²) in [7, 11) is 0. The van der Waals surface area contributed by atoms with E-state index in [1.165, 1.54) is 38.5 Å². The Kier molecular flexibility index (Phi) is 5.96. The number of rotatable bonds is 4. The van der Waals surface area contributed by atoms with Gasteiger partial charge in [-0.25, -0.2) is 0 Å². The fourth-order valence-corrected chi connectivity index (χ4v) is 3.42. The van der Waals surface area contributed by atoms with Crippen LogP contribution in [0.5, 0.6) is 0 Å². The summed E-state index contributed by atoms with van der Waals surface area (Å²) in [5.74, 6) is 6.41. The van der Waals surface area contributed by atoms with E-state index >= 15 is 0 Å². The van der Waals surface area contributed by atoms with E-state index in [4.69, 9.17) is 29.0 Å². The molecule has 1 aromatic rings. The van der Waals surface area contributed by atoms with Crippen molar-refractivity contribution in [2.45, 2.75) is 51.0 Å². The average Bonchev–Trinajstić information content (AvgIpc) is 2.69. The standard InChI is InChI=1S/C15H22Cl2N2/c16-13-9-5-8-12(15(13)17)10-14(19-18)11-6-3-1-2-4-7-11/h5,8-9,11,14,19H,1-4,6-7,10,18H2. The lowest BCUT2D eigenvalue weighted by atomic mass is 9.88. The maximum Gasteiger partial charge on any atom is 0.0624 e. The lowest BCUT2D eigenvalue weighted by Crippen LogP contribution is -2.42. The molecule has 1 aromatic carbocycles. The molecule has 1 saturated carbocycles. The minimum absolute atomic E-state index is 0.286. The van der Waals surface area contributed by atoms with Gasteiger partial charge in [-0.2, -0.15) is 0 Å². The van der Waals surface area contributed by atoms with Gasteiger partial charge in [0.1, 0.15) is 0 Å². The molecule has 1 atom stereocenters. The Morgan fingerprint density at radius 1 is 1.16 bits per heavy atom. The van der Waals surface area contributed by atoms with E-state index in [2.05, 4.69) is 5.43 Å². The van der Waals surface area contributed by atoms with Crippen LogP contribution in [0.4, 0.5) is 0 Å². The summed E-state index contributed by atoms with van der Waals surface area (Å²) in [6.07, 6.45) is 8.69. The number of benzene rings is 1. The molecular weight excluding hydrogens is 279 g/mol. The molecule has 1 fully saturated rings. The first-order valence-electron chi connectivity index (χ1n) is 7.11. The molecule has 0 saturated heterocycles. The van der Waals surface area contributed by atoms with Gasteiger partial charge in [-0.15, -0.1) is 0 Å². The summed E-state index contributed by atoms with van der Waals surface area (Å²) < 4.78 is 0. The fourth-order valence-electron chi connectivity index (χ4n) is 3.02. The minimum atomic E-state index is 0.286. The normalized spacial score (nSPS) is 19.1. The fraction of sp³-hybridized carbons (Fsp3) is 0.600. The Morgan fingerprint density at radius 3 is 2.47 bits per heavy atom. The van der Waals surface area contributed by atoms with Crippen LogP contribution in [0.2, 0.25) is 10.0 Å². The molecule has 0 amide bonds. The molecule has 0 heterocycles. The first kappa shape index (κ1) is 15.1. The van der Waals surface area contributed by atoms with Crippen molar-refractivity contribution < 1.29 is 0 Å². The van der Waals surface area contributed by atoms with E-state index in [1.54, 1.807) is 0 Å². The van der Waals surface area contributed by atoms with Gasteiger partial charge in [-0.3, -0.25) is 11.3 Å². The van der Waals surface area contributed by atoms with Gasteiger partial charge >= 0.3 is 0 Å². The van der Waals surface area contributed by atoms with Crippen molar-refractivity contribution >= 4 is 23.2 Å². The molecule has 1 aliphatic rings. The zero-order chi connectivity index (χ0) is 13.7. The molecule has 3 N–H and O–H groups in total. The summed E-state index contributed by atoms with van der Waals surface area (Å²) in [4.78, 5) is 0. The lowest BCUT2D eigenvalue weighted by Gasteiger charge is -2.26. The van der Waals surface area contributed by atoms with Crippen LogP contribution in [0.3, 0.4) is 0 Å². The quantitative estimate of drug-likeness (QED) is 0.493. The highest BCUT2D eigenvalue weighted by molar-refractivity contribution is 6.42. The molecule has 19 heavy (non-hydrogen) atoms. The smallest absolute Gasteiger partial charge is 0.0624 e. The predicted molar refractivity (Wildman–Crippen MR) is 82.5 cm³/mol. The van der Waals surface area contributed by atoms with Crippen LogP contribution in [0.15, 0.2) is 18.2 Å². The molecule has 2 rings (SSSR count). The number of hydrogen-bond acceptors (Lipinski definition) is 2. The van der Waals surface area contributed by atoms with E-state index in [0.717, 1.165) is 12.0 Å². The summed E-state index contributed by atoms with van der Waals surface area (Å²) in [5, 5.41) is 1.29. The largest absolute Gasteiger partial charge is 0.271 e. The zero-order valence-electron chi connectivity index (χ0n) is 11.2. The summed E-state index contributed by atoms with van der Waals surface area (Å²) in [5.41, 5.74) is 4.08. The van der Waals surface area contributed by atoms with Crippen molar-refractivity contribution in [3.8, 4) is 0 Å². The molecular formula is C15H22Cl2N2. The molecule has 0 aromatic heterocycles. The SMILES string of the molecule is NNC(Cc1cccc(Cl)c1Cl)C1CCCCCC1. The zero-order valence-corrected chi connectivity index (χ0v) is 12.7. The topological polar surface area (TPSA) is 38.0 Å². The minimum Gasteiger partial charge on any atom is -0.271 e. The van der Waals surface area contributed by atoms with Gasteiger partial charge in [0.25, 0.3) is 0 Å². The highest BCUT2D eigenvalue weighted by atomic mass is 35.5. The van der Waals surface area contributed by atoms with Crippen LogP contribution in [0.1, 0.15) is 44.1 Å². The number of nitrogens with one attached hydrogen (secondary N) is 1. The van der Waals surface area contributed by atoms with Gasteiger partial charge < -0.3 is 0 Å². The van der Waals surface area contributed by atoms with E-state index in [0.29, 0.717) is 16.0 Å². The van der Waals surface area contributed by atoms with E-state index < -0.39 is 0 Å². The number of hydrazine groups is 1. The molecule has 0 bridgehead atoms. The molecule has 106 valence electrons. The van der Waals surface area contributed by atoms with Crippen molar-refractivity contribution in [2.24, 2.45) is 11.8 Å². The summed E-state index contributed by atoms with van der Waals surface area (Å²) in [6.45, 7) is 0. The van der Waals surface area contributed by atoms with E-state index in [-0.39, 0.29) is 6.04 Å². The van der Waals surface area contributed by atoms with Crippen LogP contribution < -0.4 is 11.3 Å². The Balaban J connectivity index is 2.07. The number of nitrogens with two attached hydrogens (primary N) is 1. The van der Waals surface area contributed by atoms with Gasteiger partial charge in [-0.1, -0.05) is 61.0 Å². The first-order valence-corrected chi connectivity index (χ1v) is 7.87. The molecule has 4 heteroatoms. The van der Waals surface area contributed by atoms with Crippen LogP contribution >= 0.6 is 23.2 Å². The van der Waals surface area contributed by atoms with Crippen LogP contribution in [-0.4, -0.2) is 6.04 Å². The third-order valence-corrected chi connectivity index (χ3v) is 5.01. The van der Waals surface area contributed by atoms with Crippen molar-refractivity contribution in [3.05, 3.63) is 33.8 Å². The van der Waals surface area contributed by atoms with Gasteiger partial charge in [0.15, 0.2) is 0 Å². The number of halogens is 2. The Morgan fingerprint density at radius 2 is 1.84 bits per heavy atom.